The van der Waals surface area contributed by atoms with E-state index in [1.807, 2.05) is 43.3 Å². The van der Waals surface area contributed by atoms with Crippen molar-refractivity contribution in [3.8, 4) is 0 Å². The average molecular weight is 253 g/mol. The fourth-order valence-electron chi connectivity index (χ4n) is 2.16. The normalized spacial score (nSPS) is 31.6. The van der Waals surface area contributed by atoms with Gasteiger partial charge in [-0.15, -0.1) is 0 Å². The molecule has 1 fully saturated rings. The standard InChI is InChI=1S/C13H19NO4/c1-14(2)9-5-3-4-8(6-9)13-12(17)11(16)10(7-15)18-13/h3-6,10-13,15-17H,7H2,1-2H3/t10-,11-,12-,13+/m1/s1. The highest BCUT2D eigenvalue weighted by Crippen LogP contribution is 2.34. The fourth-order valence-corrected chi connectivity index (χ4v) is 2.16. The molecule has 5 nitrogen and oxygen atoms in total. The van der Waals surface area contributed by atoms with Crippen LogP contribution in [0.4, 0.5) is 5.69 Å². The van der Waals surface area contributed by atoms with E-state index in [9.17, 15) is 10.2 Å². The third-order valence-electron chi connectivity index (χ3n) is 3.26. The highest BCUT2D eigenvalue weighted by atomic mass is 16.6. The first-order valence-electron chi connectivity index (χ1n) is 5.94. The number of nitrogens with zero attached hydrogens (tertiary/aromatic N) is 1. The largest absolute Gasteiger partial charge is 0.394 e. The van der Waals surface area contributed by atoms with Gasteiger partial charge in [0, 0.05) is 19.8 Å². The Hall–Kier alpha value is -1.14. The molecule has 1 aliphatic heterocycles. The zero-order chi connectivity index (χ0) is 13.3. The number of anilines is 1. The molecular weight excluding hydrogens is 234 g/mol. The summed E-state index contributed by atoms with van der Waals surface area (Å²) in [7, 11) is 3.85. The molecule has 5 heteroatoms. The van der Waals surface area contributed by atoms with Crippen LogP contribution in [-0.4, -0.2) is 54.3 Å². The van der Waals surface area contributed by atoms with Gasteiger partial charge in [0.1, 0.15) is 24.4 Å². The molecule has 2 rings (SSSR count). The Labute approximate surface area is 106 Å². The highest BCUT2D eigenvalue weighted by molar-refractivity contribution is 5.48. The van der Waals surface area contributed by atoms with Crippen molar-refractivity contribution in [1.82, 2.24) is 0 Å². The Morgan fingerprint density at radius 1 is 1.22 bits per heavy atom. The fraction of sp³-hybridized carbons (Fsp3) is 0.538. The van der Waals surface area contributed by atoms with Crippen LogP contribution in [0.1, 0.15) is 11.7 Å². The van der Waals surface area contributed by atoms with Crippen LogP contribution < -0.4 is 4.90 Å². The van der Waals surface area contributed by atoms with Crippen LogP contribution in [0.25, 0.3) is 0 Å². The van der Waals surface area contributed by atoms with E-state index in [1.54, 1.807) is 0 Å². The van der Waals surface area contributed by atoms with E-state index in [-0.39, 0.29) is 6.61 Å². The minimum Gasteiger partial charge on any atom is -0.394 e. The SMILES string of the molecule is CN(C)c1cccc([C@@H]2O[C@H](CO)[C@@H](O)[C@H]2O)c1. The second-order valence-corrected chi connectivity index (χ2v) is 4.75. The van der Waals surface area contributed by atoms with Gasteiger partial charge in [-0.05, 0) is 17.7 Å². The van der Waals surface area contributed by atoms with Gasteiger partial charge in [-0.3, -0.25) is 0 Å². The van der Waals surface area contributed by atoms with Crippen LogP contribution >= 0.6 is 0 Å². The molecule has 4 atom stereocenters. The summed E-state index contributed by atoms with van der Waals surface area (Å²) in [4.78, 5) is 1.95. The summed E-state index contributed by atoms with van der Waals surface area (Å²) in [5.41, 5.74) is 1.79. The lowest BCUT2D eigenvalue weighted by molar-refractivity contribution is -0.0227. The molecule has 3 N–H and O–H groups in total. The van der Waals surface area contributed by atoms with Gasteiger partial charge in [0.15, 0.2) is 0 Å². The average Bonchev–Trinajstić information content (AvgIpc) is 2.66. The Morgan fingerprint density at radius 2 is 1.94 bits per heavy atom. The van der Waals surface area contributed by atoms with Crippen molar-refractivity contribution in [2.75, 3.05) is 25.6 Å². The molecule has 0 spiro atoms. The smallest absolute Gasteiger partial charge is 0.113 e. The quantitative estimate of drug-likeness (QED) is 0.702. The summed E-state index contributed by atoms with van der Waals surface area (Å²) >= 11 is 0. The lowest BCUT2D eigenvalue weighted by Gasteiger charge is -2.18. The molecule has 1 heterocycles. The van der Waals surface area contributed by atoms with Crippen LogP contribution in [0.3, 0.4) is 0 Å². The maximum absolute atomic E-state index is 9.94. The molecule has 100 valence electrons. The van der Waals surface area contributed by atoms with E-state index in [0.717, 1.165) is 11.3 Å². The number of aliphatic hydroxyl groups excluding tert-OH is 3. The zero-order valence-electron chi connectivity index (χ0n) is 10.5. The molecule has 0 saturated carbocycles. The molecule has 18 heavy (non-hydrogen) atoms. The number of ether oxygens (including phenoxy) is 1. The monoisotopic (exact) mass is 253 g/mol. The summed E-state index contributed by atoms with van der Waals surface area (Å²) in [6, 6.07) is 7.57. The second-order valence-electron chi connectivity index (χ2n) is 4.75. The number of benzene rings is 1. The number of hydrogen-bond acceptors (Lipinski definition) is 5. The molecule has 1 aromatic carbocycles. The van der Waals surface area contributed by atoms with Crippen molar-refractivity contribution in [2.24, 2.45) is 0 Å². The summed E-state index contributed by atoms with van der Waals surface area (Å²) in [5.74, 6) is 0. The highest BCUT2D eigenvalue weighted by Gasteiger charge is 2.42. The lowest BCUT2D eigenvalue weighted by Crippen LogP contribution is -2.32. The van der Waals surface area contributed by atoms with E-state index in [4.69, 9.17) is 9.84 Å². The van der Waals surface area contributed by atoms with Gasteiger partial charge in [-0.2, -0.15) is 0 Å². The molecule has 0 aromatic heterocycles. The summed E-state index contributed by atoms with van der Waals surface area (Å²) in [5, 5.41) is 28.7. The summed E-state index contributed by atoms with van der Waals surface area (Å²) < 4.78 is 5.49. The predicted molar refractivity (Wildman–Crippen MR) is 67.5 cm³/mol. The van der Waals surface area contributed by atoms with Crippen molar-refractivity contribution in [2.45, 2.75) is 24.4 Å². The first-order valence-corrected chi connectivity index (χ1v) is 5.94. The second kappa shape index (κ2) is 5.24. The molecule has 0 amide bonds. The summed E-state index contributed by atoms with van der Waals surface area (Å²) in [6.07, 6.45) is -3.40. The minimum atomic E-state index is -1.05. The molecule has 0 unspecified atom stereocenters. The van der Waals surface area contributed by atoms with Gasteiger partial charge in [0.25, 0.3) is 0 Å². The number of rotatable bonds is 3. The molecule has 0 radical (unpaired) electrons. The van der Waals surface area contributed by atoms with Crippen LogP contribution in [0.15, 0.2) is 24.3 Å². The predicted octanol–water partition coefficient (Wildman–Crippen LogP) is -0.0934. The topological polar surface area (TPSA) is 73.2 Å². The number of hydrogen-bond donors (Lipinski definition) is 3. The van der Waals surface area contributed by atoms with Gasteiger partial charge in [0.05, 0.1) is 6.61 Å². The first-order chi connectivity index (χ1) is 8.54. The Morgan fingerprint density at radius 3 is 2.50 bits per heavy atom. The summed E-state index contributed by atoms with van der Waals surface area (Å²) in [6.45, 7) is -0.303. The van der Waals surface area contributed by atoms with E-state index in [1.165, 1.54) is 0 Å². The molecular formula is C13H19NO4. The molecule has 0 aliphatic carbocycles. The molecule has 1 saturated heterocycles. The molecule has 0 bridgehead atoms. The van der Waals surface area contributed by atoms with Gasteiger partial charge in [0.2, 0.25) is 0 Å². The maximum atomic E-state index is 9.94. The van der Waals surface area contributed by atoms with Gasteiger partial charge in [-0.25, -0.2) is 0 Å². The zero-order valence-corrected chi connectivity index (χ0v) is 10.5. The van der Waals surface area contributed by atoms with E-state index in [0.29, 0.717) is 0 Å². The van der Waals surface area contributed by atoms with Gasteiger partial charge in [-0.1, -0.05) is 12.1 Å². The van der Waals surface area contributed by atoms with Gasteiger partial charge >= 0.3 is 0 Å². The Balaban J connectivity index is 2.24. The van der Waals surface area contributed by atoms with Crippen molar-refractivity contribution in [3.05, 3.63) is 29.8 Å². The van der Waals surface area contributed by atoms with Crippen molar-refractivity contribution >= 4 is 5.69 Å². The van der Waals surface area contributed by atoms with Crippen LogP contribution in [0, 0.1) is 0 Å². The van der Waals surface area contributed by atoms with Gasteiger partial charge < -0.3 is 25.0 Å². The lowest BCUT2D eigenvalue weighted by atomic mass is 10.0. The molecule has 1 aliphatic rings. The first kappa shape index (κ1) is 13.3. The maximum Gasteiger partial charge on any atom is 0.113 e. The third kappa shape index (κ3) is 2.35. The van der Waals surface area contributed by atoms with Crippen LogP contribution in [0.2, 0.25) is 0 Å². The van der Waals surface area contributed by atoms with Crippen LogP contribution in [0.5, 0.6) is 0 Å². The molecule has 1 aromatic rings. The Kier molecular flexibility index (Phi) is 3.87. The van der Waals surface area contributed by atoms with Crippen molar-refractivity contribution in [3.63, 3.8) is 0 Å². The Bertz CT molecular complexity index is 410. The van der Waals surface area contributed by atoms with Crippen LogP contribution in [-0.2, 0) is 4.74 Å². The van der Waals surface area contributed by atoms with Crippen molar-refractivity contribution < 1.29 is 20.1 Å². The number of aliphatic hydroxyl groups is 3. The van der Waals surface area contributed by atoms with E-state index in [2.05, 4.69) is 0 Å². The third-order valence-corrected chi connectivity index (χ3v) is 3.26. The van der Waals surface area contributed by atoms with E-state index < -0.39 is 24.4 Å². The minimum absolute atomic E-state index is 0.303. The van der Waals surface area contributed by atoms with Crippen molar-refractivity contribution in [1.29, 1.82) is 0 Å². The van der Waals surface area contributed by atoms with E-state index >= 15 is 0 Å².